The molecule has 0 saturated heterocycles. The van der Waals surface area contributed by atoms with Gasteiger partial charge in [-0.3, -0.25) is 9.78 Å². The van der Waals surface area contributed by atoms with Gasteiger partial charge in [-0.15, -0.1) is 0 Å². The third kappa shape index (κ3) is 5.06. The van der Waals surface area contributed by atoms with E-state index in [2.05, 4.69) is 36.5 Å². The molecule has 3 rings (SSSR count). The number of anilines is 2. The number of aromatic nitrogens is 2. The van der Waals surface area contributed by atoms with Gasteiger partial charge in [-0.1, -0.05) is 19.9 Å². The number of aldehydes is 1. The zero-order chi connectivity index (χ0) is 22.1. The summed E-state index contributed by atoms with van der Waals surface area (Å²) < 4.78 is 20.1. The highest BCUT2D eigenvalue weighted by Gasteiger charge is 2.21. The van der Waals surface area contributed by atoms with Gasteiger partial charge in [-0.2, -0.15) is 0 Å². The minimum absolute atomic E-state index is 0.0806. The van der Waals surface area contributed by atoms with Gasteiger partial charge < -0.3 is 20.4 Å². The number of para-hydroxylation sites is 1. The van der Waals surface area contributed by atoms with Gasteiger partial charge in [-0.25, -0.2) is 4.39 Å². The molecule has 0 atom stereocenters. The number of benzene rings is 1. The van der Waals surface area contributed by atoms with E-state index in [1.165, 1.54) is 13.2 Å². The molecular weight excluding hydrogens is 451 g/mol. The van der Waals surface area contributed by atoms with Crippen molar-refractivity contribution in [2.75, 3.05) is 26.0 Å². The van der Waals surface area contributed by atoms with Gasteiger partial charge in [-0.05, 0) is 41.2 Å². The summed E-state index contributed by atoms with van der Waals surface area (Å²) in [5.41, 5.74) is 3.77. The van der Waals surface area contributed by atoms with Gasteiger partial charge in [0.15, 0.2) is 17.9 Å². The average Bonchev–Trinajstić information content (AvgIpc) is 3.11. The van der Waals surface area contributed by atoms with Crippen LogP contribution in [0.25, 0.3) is 11.3 Å². The van der Waals surface area contributed by atoms with E-state index in [1.54, 1.807) is 24.5 Å². The van der Waals surface area contributed by atoms with E-state index in [9.17, 15) is 9.18 Å². The van der Waals surface area contributed by atoms with Gasteiger partial charge in [0.2, 0.25) is 0 Å². The van der Waals surface area contributed by atoms with E-state index in [0.717, 1.165) is 22.0 Å². The fourth-order valence-electron chi connectivity index (χ4n) is 3.00. The molecule has 160 valence electrons. The molecule has 0 aliphatic heterocycles. The lowest BCUT2D eigenvalue weighted by atomic mass is 10.1. The molecule has 2 heterocycles. The molecule has 0 radical (unpaired) electrons. The predicted octanol–water partition coefficient (Wildman–Crippen LogP) is 5.33. The lowest BCUT2D eigenvalue weighted by Crippen LogP contribution is -2.11. The third-order valence-electron chi connectivity index (χ3n) is 4.34. The molecule has 0 spiro atoms. The number of methoxy groups -OCH3 is 1. The van der Waals surface area contributed by atoms with Crippen molar-refractivity contribution in [1.82, 2.24) is 15.3 Å². The lowest BCUT2D eigenvalue weighted by molar-refractivity contribution is 0.112. The molecular formula is C22H26BrFN4O2. The van der Waals surface area contributed by atoms with Crippen molar-refractivity contribution >= 4 is 33.6 Å². The Morgan fingerprint density at radius 3 is 2.70 bits per heavy atom. The zero-order valence-electron chi connectivity index (χ0n) is 17.5. The summed E-state index contributed by atoms with van der Waals surface area (Å²) in [6, 6.07) is 6.43. The molecule has 3 N–H and O–H groups in total. The fraction of sp³-hybridized carbons (Fsp3) is 0.273. The summed E-state index contributed by atoms with van der Waals surface area (Å²) in [5, 5.41) is 6.26. The van der Waals surface area contributed by atoms with Crippen molar-refractivity contribution in [3.8, 4) is 17.0 Å². The van der Waals surface area contributed by atoms with Crippen LogP contribution in [0.3, 0.4) is 0 Å². The van der Waals surface area contributed by atoms with Crippen molar-refractivity contribution in [2.24, 2.45) is 0 Å². The fourth-order valence-corrected chi connectivity index (χ4v) is 3.45. The molecule has 0 fully saturated rings. The molecule has 8 heteroatoms. The van der Waals surface area contributed by atoms with Crippen LogP contribution in [0.15, 0.2) is 41.1 Å². The molecule has 2 aromatic heterocycles. The third-order valence-corrected chi connectivity index (χ3v) is 4.97. The number of halogens is 2. The van der Waals surface area contributed by atoms with Crippen LogP contribution in [0.5, 0.6) is 5.75 Å². The predicted molar refractivity (Wildman–Crippen MR) is 122 cm³/mol. The normalized spacial score (nSPS) is 10.2. The highest BCUT2D eigenvalue weighted by atomic mass is 79.9. The SMILES string of the molecule is CC.CNCCc1[nH]c(-c2ccncc2Br)c(Nc2cccc(F)c2OC)c1C=O. The summed E-state index contributed by atoms with van der Waals surface area (Å²) in [6.45, 7) is 4.70. The second-order valence-electron chi connectivity index (χ2n) is 6.04. The molecule has 1 aromatic carbocycles. The number of hydrogen-bond donors (Lipinski definition) is 3. The van der Waals surface area contributed by atoms with E-state index < -0.39 is 5.82 Å². The summed E-state index contributed by atoms with van der Waals surface area (Å²) in [4.78, 5) is 19.4. The molecule has 6 nitrogen and oxygen atoms in total. The second-order valence-corrected chi connectivity index (χ2v) is 6.89. The standard InChI is InChI=1S/C20H20BrFN4O2.C2H6/c1-23-8-7-16-13(11-27)19(18(25-16)12-6-9-24-10-14(12)21)26-17-5-3-4-15(22)20(17)28-2;1-2/h3-6,9-11,23,25-26H,7-8H2,1-2H3;1-2H3. The maximum absolute atomic E-state index is 14.1. The number of aromatic amines is 1. The first kappa shape index (κ1) is 23.6. The van der Waals surface area contributed by atoms with E-state index >= 15 is 0 Å². The number of carbonyl (C=O) groups excluding carboxylic acids is 1. The maximum atomic E-state index is 14.1. The van der Waals surface area contributed by atoms with Gasteiger partial charge in [0.1, 0.15) is 0 Å². The first-order chi connectivity index (χ1) is 14.6. The highest BCUT2D eigenvalue weighted by Crippen LogP contribution is 2.40. The Balaban J connectivity index is 0.00000155. The molecule has 0 aliphatic rings. The number of hydrogen-bond acceptors (Lipinski definition) is 5. The Bertz CT molecular complexity index is 991. The van der Waals surface area contributed by atoms with Gasteiger partial charge in [0, 0.05) is 41.1 Å². The van der Waals surface area contributed by atoms with E-state index in [0.29, 0.717) is 35.6 Å². The van der Waals surface area contributed by atoms with Crippen molar-refractivity contribution in [3.05, 3.63) is 58.2 Å². The Kier molecular flexibility index (Phi) is 9.01. The van der Waals surface area contributed by atoms with Crippen molar-refractivity contribution in [2.45, 2.75) is 20.3 Å². The topological polar surface area (TPSA) is 79.0 Å². The number of likely N-dealkylation sites (N-methyl/N-ethyl adjacent to an activating group) is 1. The van der Waals surface area contributed by atoms with Crippen LogP contribution in [-0.4, -0.2) is 37.0 Å². The number of pyridine rings is 1. The Labute approximate surface area is 184 Å². The first-order valence-electron chi connectivity index (χ1n) is 9.64. The Morgan fingerprint density at radius 1 is 1.30 bits per heavy atom. The van der Waals surface area contributed by atoms with Crippen LogP contribution in [0, 0.1) is 5.82 Å². The van der Waals surface area contributed by atoms with Crippen LogP contribution < -0.4 is 15.4 Å². The smallest absolute Gasteiger partial charge is 0.177 e. The van der Waals surface area contributed by atoms with E-state index in [4.69, 9.17) is 4.74 Å². The summed E-state index contributed by atoms with van der Waals surface area (Å²) >= 11 is 3.51. The number of carbonyl (C=O) groups is 1. The molecule has 30 heavy (non-hydrogen) atoms. The quantitative estimate of drug-likeness (QED) is 0.382. The minimum Gasteiger partial charge on any atom is -0.492 e. The number of rotatable bonds is 8. The second kappa shape index (κ2) is 11.5. The molecule has 0 unspecified atom stereocenters. The summed E-state index contributed by atoms with van der Waals surface area (Å²) in [6.07, 6.45) is 4.77. The van der Waals surface area contributed by atoms with Gasteiger partial charge >= 0.3 is 0 Å². The molecule has 0 saturated carbocycles. The average molecular weight is 477 g/mol. The Morgan fingerprint density at radius 2 is 2.07 bits per heavy atom. The van der Waals surface area contributed by atoms with E-state index in [1.807, 2.05) is 27.0 Å². The largest absolute Gasteiger partial charge is 0.492 e. The van der Waals surface area contributed by atoms with Crippen molar-refractivity contribution < 1.29 is 13.9 Å². The van der Waals surface area contributed by atoms with Crippen LogP contribution in [0.2, 0.25) is 0 Å². The van der Waals surface area contributed by atoms with Crippen LogP contribution >= 0.6 is 15.9 Å². The number of ether oxygens (including phenoxy) is 1. The van der Waals surface area contributed by atoms with Crippen LogP contribution in [0.4, 0.5) is 15.8 Å². The minimum atomic E-state index is -0.488. The van der Waals surface area contributed by atoms with E-state index in [-0.39, 0.29) is 5.75 Å². The number of H-pyrrole nitrogens is 1. The number of nitrogens with zero attached hydrogens (tertiary/aromatic N) is 1. The Hall–Kier alpha value is -2.71. The highest BCUT2D eigenvalue weighted by molar-refractivity contribution is 9.10. The van der Waals surface area contributed by atoms with Crippen molar-refractivity contribution in [1.29, 1.82) is 0 Å². The first-order valence-corrected chi connectivity index (χ1v) is 10.4. The van der Waals surface area contributed by atoms with Gasteiger partial charge in [0.25, 0.3) is 0 Å². The molecule has 0 amide bonds. The van der Waals surface area contributed by atoms with Crippen LogP contribution in [0.1, 0.15) is 29.9 Å². The van der Waals surface area contributed by atoms with Crippen LogP contribution in [-0.2, 0) is 6.42 Å². The van der Waals surface area contributed by atoms with Gasteiger partial charge in [0.05, 0.1) is 29.7 Å². The van der Waals surface area contributed by atoms with Crippen molar-refractivity contribution in [3.63, 3.8) is 0 Å². The summed E-state index contributed by atoms with van der Waals surface area (Å²) in [5.74, 6) is -0.408. The zero-order valence-corrected chi connectivity index (χ0v) is 19.1. The molecule has 0 aliphatic carbocycles. The summed E-state index contributed by atoms with van der Waals surface area (Å²) in [7, 11) is 3.25. The lowest BCUT2D eigenvalue weighted by Gasteiger charge is -2.13. The molecule has 3 aromatic rings. The maximum Gasteiger partial charge on any atom is 0.177 e. The monoisotopic (exact) mass is 476 g/mol. The molecule has 0 bridgehead atoms. The number of nitrogens with one attached hydrogen (secondary N) is 3.